The highest BCUT2D eigenvalue weighted by Crippen LogP contribution is 2.32. The van der Waals surface area contributed by atoms with Crippen LogP contribution in [0.15, 0.2) is 48.5 Å². The molecule has 0 spiro atoms. The van der Waals surface area contributed by atoms with Crippen molar-refractivity contribution in [2.75, 3.05) is 19.0 Å². The molecule has 0 unspecified atom stereocenters. The fourth-order valence-corrected chi connectivity index (χ4v) is 3.42. The fraction of sp³-hybridized carbons (Fsp3) is 0.238. The number of nitrogens with one attached hydrogen (secondary N) is 1. The average molecular weight is 382 g/mol. The Morgan fingerprint density at radius 1 is 1.19 bits per heavy atom. The van der Waals surface area contributed by atoms with Gasteiger partial charge in [0.1, 0.15) is 17.0 Å². The highest BCUT2D eigenvalue weighted by Gasteiger charge is 2.10. The number of para-hydroxylation sites is 2. The van der Waals surface area contributed by atoms with Crippen molar-refractivity contribution in [2.45, 2.75) is 19.8 Å². The summed E-state index contributed by atoms with van der Waals surface area (Å²) in [5, 5.41) is 3.35. The molecule has 3 rings (SSSR count). The van der Waals surface area contributed by atoms with Gasteiger partial charge in [-0.25, -0.2) is 4.98 Å². The Labute approximate surface area is 162 Å². The smallest absolute Gasteiger partial charge is 0.250 e. The van der Waals surface area contributed by atoms with Crippen LogP contribution in [-0.4, -0.2) is 24.6 Å². The van der Waals surface area contributed by atoms with Crippen molar-refractivity contribution in [2.24, 2.45) is 0 Å². The molecule has 0 aliphatic rings. The molecule has 0 aliphatic heterocycles. The van der Waals surface area contributed by atoms with Gasteiger partial charge in [-0.2, -0.15) is 0 Å². The lowest BCUT2D eigenvalue weighted by atomic mass is 10.2. The predicted octanol–water partition coefficient (Wildman–Crippen LogP) is 5.14. The molecule has 1 N–H and O–H groups in total. The van der Waals surface area contributed by atoms with Gasteiger partial charge in [0, 0.05) is 11.6 Å². The number of amides is 1. The van der Waals surface area contributed by atoms with Gasteiger partial charge >= 0.3 is 0 Å². The molecule has 1 heterocycles. The van der Waals surface area contributed by atoms with E-state index in [1.807, 2.05) is 42.5 Å². The second kappa shape index (κ2) is 9.19. The molecular formula is C21H22N2O3S. The van der Waals surface area contributed by atoms with E-state index in [0.29, 0.717) is 17.5 Å². The van der Waals surface area contributed by atoms with Crippen LogP contribution < -0.4 is 14.8 Å². The van der Waals surface area contributed by atoms with Crippen LogP contribution >= 0.6 is 11.3 Å². The second-order valence-corrected chi connectivity index (χ2v) is 6.92. The van der Waals surface area contributed by atoms with Crippen molar-refractivity contribution in [3.63, 3.8) is 0 Å². The third kappa shape index (κ3) is 4.86. The Hall–Kier alpha value is -2.86. The van der Waals surface area contributed by atoms with Crippen molar-refractivity contribution in [3.05, 3.63) is 54.1 Å². The number of anilines is 1. The van der Waals surface area contributed by atoms with Crippen LogP contribution in [0.25, 0.3) is 16.3 Å². The van der Waals surface area contributed by atoms with Crippen LogP contribution in [0.5, 0.6) is 11.5 Å². The summed E-state index contributed by atoms with van der Waals surface area (Å²) in [6.45, 7) is 2.79. The Morgan fingerprint density at radius 2 is 2.00 bits per heavy atom. The molecule has 0 saturated heterocycles. The quantitative estimate of drug-likeness (QED) is 0.433. The van der Waals surface area contributed by atoms with Gasteiger partial charge in [0.05, 0.1) is 18.4 Å². The SMILES string of the molecule is CCCCOc1ccccc1/C=C/C(=O)Nc1nc2c(OC)cccc2s1. The summed E-state index contributed by atoms with van der Waals surface area (Å²) < 4.78 is 12.1. The molecule has 27 heavy (non-hydrogen) atoms. The Bertz CT molecular complexity index is 950. The van der Waals surface area contributed by atoms with Crippen LogP contribution in [0.4, 0.5) is 5.13 Å². The minimum Gasteiger partial charge on any atom is -0.494 e. The van der Waals surface area contributed by atoms with Crippen molar-refractivity contribution in [3.8, 4) is 11.5 Å². The summed E-state index contributed by atoms with van der Waals surface area (Å²) in [5.41, 5.74) is 1.62. The van der Waals surface area contributed by atoms with Gasteiger partial charge in [-0.1, -0.05) is 48.9 Å². The van der Waals surface area contributed by atoms with Gasteiger partial charge in [0.2, 0.25) is 5.91 Å². The lowest BCUT2D eigenvalue weighted by Crippen LogP contribution is -2.07. The lowest BCUT2D eigenvalue weighted by Gasteiger charge is -2.08. The van der Waals surface area contributed by atoms with Gasteiger partial charge in [-0.05, 0) is 30.7 Å². The first-order chi connectivity index (χ1) is 13.2. The maximum absolute atomic E-state index is 12.3. The number of aromatic nitrogens is 1. The first kappa shape index (κ1) is 18.9. The second-order valence-electron chi connectivity index (χ2n) is 5.89. The number of rotatable bonds is 8. The van der Waals surface area contributed by atoms with Crippen molar-refractivity contribution < 1.29 is 14.3 Å². The number of methoxy groups -OCH3 is 1. The minimum atomic E-state index is -0.239. The summed E-state index contributed by atoms with van der Waals surface area (Å²) in [7, 11) is 1.61. The van der Waals surface area contributed by atoms with E-state index in [-0.39, 0.29) is 5.91 Å². The summed E-state index contributed by atoms with van der Waals surface area (Å²) in [4.78, 5) is 16.7. The Morgan fingerprint density at radius 3 is 2.81 bits per heavy atom. The van der Waals surface area contributed by atoms with E-state index in [1.54, 1.807) is 13.2 Å². The van der Waals surface area contributed by atoms with Gasteiger partial charge in [0.15, 0.2) is 5.13 Å². The average Bonchev–Trinajstić information content (AvgIpc) is 3.09. The number of nitrogens with zero attached hydrogens (tertiary/aromatic N) is 1. The molecule has 0 bridgehead atoms. The van der Waals surface area contributed by atoms with Crippen molar-refractivity contribution >= 4 is 38.7 Å². The summed E-state index contributed by atoms with van der Waals surface area (Å²) in [6.07, 6.45) is 5.32. The summed E-state index contributed by atoms with van der Waals surface area (Å²) in [5.74, 6) is 1.23. The van der Waals surface area contributed by atoms with Crippen molar-refractivity contribution in [1.29, 1.82) is 0 Å². The molecular weight excluding hydrogens is 360 g/mol. The number of carbonyl (C=O) groups excluding carboxylic acids is 1. The number of thiazole rings is 1. The largest absolute Gasteiger partial charge is 0.494 e. The van der Waals surface area contributed by atoms with Crippen LogP contribution in [0.3, 0.4) is 0 Å². The monoisotopic (exact) mass is 382 g/mol. The fourth-order valence-electron chi connectivity index (χ4n) is 2.53. The molecule has 1 amide bonds. The highest BCUT2D eigenvalue weighted by atomic mass is 32.1. The van der Waals surface area contributed by atoms with Gasteiger partial charge in [-0.3, -0.25) is 10.1 Å². The molecule has 0 atom stereocenters. The number of fused-ring (bicyclic) bond motifs is 1. The van der Waals surface area contributed by atoms with Crippen molar-refractivity contribution in [1.82, 2.24) is 4.98 Å². The number of hydrogen-bond donors (Lipinski definition) is 1. The van der Waals surface area contributed by atoms with E-state index < -0.39 is 0 Å². The zero-order valence-electron chi connectivity index (χ0n) is 15.4. The number of benzene rings is 2. The normalized spacial score (nSPS) is 11.0. The molecule has 0 radical (unpaired) electrons. The molecule has 1 aromatic heterocycles. The van der Waals surface area contributed by atoms with E-state index in [0.717, 1.165) is 34.4 Å². The van der Waals surface area contributed by atoms with E-state index >= 15 is 0 Å². The molecule has 3 aromatic rings. The lowest BCUT2D eigenvalue weighted by molar-refractivity contribution is -0.111. The van der Waals surface area contributed by atoms with Crippen LogP contribution in [0.2, 0.25) is 0 Å². The zero-order valence-corrected chi connectivity index (χ0v) is 16.2. The third-order valence-electron chi connectivity index (χ3n) is 3.92. The first-order valence-electron chi connectivity index (χ1n) is 8.85. The maximum atomic E-state index is 12.3. The van der Waals surface area contributed by atoms with Gasteiger partial charge in [0.25, 0.3) is 0 Å². The Kier molecular flexibility index (Phi) is 6.44. The molecule has 0 fully saturated rings. The maximum Gasteiger partial charge on any atom is 0.250 e. The standard InChI is InChI=1S/C21H22N2O3S/c1-3-4-14-26-16-9-6-5-8-15(16)12-13-19(24)22-21-23-20-17(25-2)10-7-11-18(20)27-21/h5-13H,3-4,14H2,1-2H3,(H,22,23,24)/b13-12+. The van der Waals surface area contributed by atoms with Gasteiger partial charge < -0.3 is 9.47 Å². The zero-order chi connectivity index (χ0) is 19.1. The minimum absolute atomic E-state index is 0.239. The number of hydrogen-bond acceptors (Lipinski definition) is 5. The first-order valence-corrected chi connectivity index (χ1v) is 9.67. The predicted molar refractivity (Wildman–Crippen MR) is 111 cm³/mol. The molecule has 5 nitrogen and oxygen atoms in total. The third-order valence-corrected chi connectivity index (χ3v) is 4.86. The van der Waals surface area contributed by atoms with Crippen LogP contribution in [0, 0.1) is 0 Å². The molecule has 140 valence electrons. The van der Waals surface area contributed by atoms with E-state index in [2.05, 4.69) is 17.2 Å². The van der Waals surface area contributed by atoms with E-state index in [4.69, 9.17) is 9.47 Å². The van der Waals surface area contributed by atoms with Gasteiger partial charge in [-0.15, -0.1) is 0 Å². The van der Waals surface area contributed by atoms with E-state index in [1.165, 1.54) is 17.4 Å². The van der Waals surface area contributed by atoms with Crippen LogP contribution in [-0.2, 0) is 4.79 Å². The molecule has 6 heteroatoms. The molecule has 0 aliphatic carbocycles. The van der Waals surface area contributed by atoms with Crippen LogP contribution in [0.1, 0.15) is 25.3 Å². The van der Waals surface area contributed by atoms with E-state index in [9.17, 15) is 4.79 Å². The number of unbranched alkanes of at least 4 members (excludes halogenated alkanes) is 1. The molecule has 2 aromatic carbocycles. The summed E-state index contributed by atoms with van der Waals surface area (Å²) >= 11 is 1.41. The Balaban J connectivity index is 1.69. The number of ether oxygens (including phenoxy) is 2. The molecule has 0 saturated carbocycles. The topological polar surface area (TPSA) is 60.5 Å². The summed E-state index contributed by atoms with van der Waals surface area (Å²) in [6, 6.07) is 13.4. The highest BCUT2D eigenvalue weighted by molar-refractivity contribution is 7.22. The number of carbonyl (C=O) groups is 1.